The molecule has 0 atom stereocenters. The van der Waals surface area contributed by atoms with Crippen LogP contribution in [-0.2, 0) is 22.2 Å². The summed E-state index contributed by atoms with van der Waals surface area (Å²) in [4.78, 5) is 29.0. The van der Waals surface area contributed by atoms with Gasteiger partial charge in [-0.15, -0.1) is 24.5 Å². The first-order valence-electron chi connectivity index (χ1n) is 13.0. The van der Waals surface area contributed by atoms with Crippen molar-refractivity contribution < 1.29 is 63.7 Å². The smallest absolute Gasteiger partial charge is 0.475 e. The average Bonchev–Trinajstić information content (AvgIpc) is 3.39. The van der Waals surface area contributed by atoms with Crippen molar-refractivity contribution in [2.24, 2.45) is 5.73 Å². The summed E-state index contributed by atoms with van der Waals surface area (Å²) in [5, 5.41) is 7.62. The number of carbonyl (C=O) groups excluding carboxylic acids is 1. The Bertz CT molecular complexity index is 1920. The van der Waals surface area contributed by atoms with Crippen molar-refractivity contribution in [2.75, 3.05) is 0 Å². The zero-order valence-electron chi connectivity index (χ0n) is 23.6. The molecule has 5 aromatic rings. The van der Waals surface area contributed by atoms with Crippen LogP contribution in [0.4, 0.5) is 39.5 Å². The number of pyridine rings is 1. The van der Waals surface area contributed by atoms with Gasteiger partial charge in [-0.05, 0) is 53.1 Å². The zero-order chi connectivity index (χ0) is 35.4. The maximum absolute atomic E-state index is 13.2. The molecule has 0 saturated heterocycles. The van der Waals surface area contributed by atoms with Crippen LogP contribution in [0, 0.1) is 0 Å². The molecule has 8 nitrogen and oxygen atoms in total. The van der Waals surface area contributed by atoms with Crippen molar-refractivity contribution in [3.63, 3.8) is 0 Å². The minimum Gasteiger partial charge on any atom is -0.475 e. The maximum Gasteiger partial charge on any atom is 0.573 e. The van der Waals surface area contributed by atoms with Crippen molar-refractivity contribution >= 4 is 33.4 Å². The van der Waals surface area contributed by atoms with Gasteiger partial charge in [0.15, 0.2) is 5.75 Å². The number of rotatable bonds is 7. The Morgan fingerprint density at radius 1 is 0.833 bits per heavy atom. The highest BCUT2D eigenvalue weighted by Crippen LogP contribution is 2.39. The third-order valence-electron chi connectivity index (χ3n) is 6.01. The monoisotopic (exact) mass is 703 g/mol. The molecule has 0 spiro atoms. The molecule has 252 valence electrons. The molecule has 0 fully saturated rings. The Morgan fingerprint density at radius 2 is 1.42 bits per heavy atom. The fourth-order valence-electron chi connectivity index (χ4n) is 4.02. The molecule has 0 bridgehead atoms. The van der Waals surface area contributed by atoms with Crippen molar-refractivity contribution in [1.82, 2.24) is 9.97 Å². The van der Waals surface area contributed by atoms with Gasteiger partial charge < -0.3 is 20.3 Å². The first kappa shape index (κ1) is 35.5. The SMILES string of the molecule is NC(=O)Cc1nc2c(Oc3cc(-c4ccc(C(F)(F)F)cc4)c(-c4ccc(OC(F)(F)F)cc4)cn3)cccc2s1.O=C(O)C(F)(F)F. The minimum atomic E-state index is -5.08. The second kappa shape index (κ2) is 13.8. The number of para-hydroxylation sites is 1. The number of benzene rings is 3. The number of aliphatic carboxylic acids is 1. The highest BCUT2D eigenvalue weighted by Gasteiger charge is 2.38. The van der Waals surface area contributed by atoms with Gasteiger partial charge in [0.05, 0.1) is 16.7 Å². The number of carboxylic acid groups (broad SMARTS) is 1. The summed E-state index contributed by atoms with van der Waals surface area (Å²) < 4.78 is 120. The summed E-state index contributed by atoms with van der Waals surface area (Å²) in [5.74, 6) is -3.33. The van der Waals surface area contributed by atoms with E-state index in [0.717, 1.165) is 29.0 Å². The van der Waals surface area contributed by atoms with E-state index in [2.05, 4.69) is 14.7 Å². The van der Waals surface area contributed by atoms with Crippen LogP contribution in [0.2, 0.25) is 0 Å². The van der Waals surface area contributed by atoms with Gasteiger partial charge in [0.25, 0.3) is 0 Å². The summed E-state index contributed by atoms with van der Waals surface area (Å²) in [6, 6.07) is 16.1. The van der Waals surface area contributed by atoms with Gasteiger partial charge in [0.2, 0.25) is 11.8 Å². The summed E-state index contributed by atoms with van der Waals surface area (Å²) in [7, 11) is 0. The van der Waals surface area contributed by atoms with Crippen LogP contribution in [0.1, 0.15) is 10.6 Å². The number of primary amides is 1. The van der Waals surface area contributed by atoms with E-state index < -0.39 is 41.9 Å². The molecule has 0 aliphatic heterocycles. The maximum atomic E-state index is 13.2. The number of fused-ring (bicyclic) bond motifs is 1. The lowest BCUT2D eigenvalue weighted by molar-refractivity contribution is -0.274. The number of thiazole rings is 1. The number of halogens is 9. The molecule has 0 saturated carbocycles. The number of nitrogens with two attached hydrogens (primary N) is 1. The van der Waals surface area contributed by atoms with Crippen LogP contribution in [0.25, 0.3) is 32.5 Å². The third kappa shape index (κ3) is 9.34. The molecule has 0 aliphatic carbocycles. The lowest BCUT2D eigenvalue weighted by Gasteiger charge is -2.14. The van der Waals surface area contributed by atoms with E-state index in [0.29, 0.717) is 38.5 Å². The van der Waals surface area contributed by atoms with Crippen molar-refractivity contribution in [1.29, 1.82) is 0 Å². The van der Waals surface area contributed by atoms with E-state index in [-0.39, 0.29) is 12.3 Å². The lowest BCUT2D eigenvalue weighted by Crippen LogP contribution is -2.21. The fourth-order valence-corrected chi connectivity index (χ4v) is 5.02. The Kier molecular flexibility index (Phi) is 10.2. The first-order chi connectivity index (χ1) is 22.3. The number of nitrogens with zero attached hydrogens (tertiary/aromatic N) is 2. The van der Waals surface area contributed by atoms with Crippen LogP contribution < -0.4 is 15.2 Å². The van der Waals surface area contributed by atoms with Crippen LogP contribution in [0.5, 0.6) is 17.4 Å². The van der Waals surface area contributed by atoms with Gasteiger partial charge in [-0.25, -0.2) is 14.8 Å². The molecule has 5 rings (SSSR count). The normalized spacial score (nSPS) is 11.9. The van der Waals surface area contributed by atoms with E-state index in [1.165, 1.54) is 47.9 Å². The third-order valence-corrected chi connectivity index (χ3v) is 7.03. The van der Waals surface area contributed by atoms with Crippen LogP contribution in [0.3, 0.4) is 0 Å². The predicted molar refractivity (Wildman–Crippen MR) is 153 cm³/mol. The van der Waals surface area contributed by atoms with Gasteiger partial charge in [0, 0.05) is 17.8 Å². The van der Waals surface area contributed by atoms with E-state index in [1.807, 2.05) is 0 Å². The summed E-state index contributed by atoms with van der Waals surface area (Å²) in [6.07, 6.45) is -13.1. The average molecular weight is 704 g/mol. The number of aromatic nitrogens is 2. The largest absolute Gasteiger partial charge is 0.573 e. The number of hydrogen-bond acceptors (Lipinski definition) is 7. The van der Waals surface area contributed by atoms with Crippen molar-refractivity contribution in [2.45, 2.75) is 25.1 Å². The number of alkyl halides is 9. The number of hydrogen-bond donors (Lipinski definition) is 2. The van der Waals surface area contributed by atoms with Gasteiger partial charge in [0.1, 0.15) is 16.3 Å². The second-order valence-corrected chi connectivity index (χ2v) is 10.6. The Balaban J connectivity index is 0.000000671. The fraction of sp³-hybridized carbons (Fsp3) is 0.133. The molecule has 2 aromatic heterocycles. The molecule has 0 aliphatic rings. The molecule has 1 amide bonds. The molecule has 0 unspecified atom stereocenters. The predicted octanol–water partition coefficient (Wildman–Crippen LogP) is 8.40. The van der Waals surface area contributed by atoms with Gasteiger partial charge >= 0.3 is 24.7 Å². The molecule has 3 aromatic carbocycles. The van der Waals surface area contributed by atoms with Gasteiger partial charge in [-0.1, -0.05) is 30.3 Å². The minimum absolute atomic E-state index is 0.0450. The molecular weight excluding hydrogens is 685 g/mol. The molecule has 2 heterocycles. The molecule has 18 heteroatoms. The Labute approximate surface area is 267 Å². The molecular formula is C30H18F9N3O5S. The second-order valence-electron chi connectivity index (χ2n) is 9.47. The van der Waals surface area contributed by atoms with Crippen LogP contribution in [-0.4, -0.2) is 39.5 Å². The quantitative estimate of drug-likeness (QED) is 0.163. The number of carboxylic acids is 1. The molecule has 0 radical (unpaired) electrons. The van der Waals surface area contributed by atoms with Gasteiger partial charge in [-0.2, -0.15) is 26.3 Å². The Morgan fingerprint density at radius 3 is 1.96 bits per heavy atom. The Hall–Kier alpha value is -5.39. The van der Waals surface area contributed by atoms with Crippen LogP contribution in [0.15, 0.2) is 79.0 Å². The van der Waals surface area contributed by atoms with Crippen molar-refractivity contribution in [3.05, 3.63) is 89.6 Å². The zero-order valence-corrected chi connectivity index (χ0v) is 24.4. The highest BCUT2D eigenvalue weighted by atomic mass is 32.1. The number of ether oxygens (including phenoxy) is 2. The summed E-state index contributed by atoms with van der Waals surface area (Å²) in [6.45, 7) is 0. The van der Waals surface area contributed by atoms with E-state index >= 15 is 0 Å². The van der Waals surface area contributed by atoms with Crippen molar-refractivity contribution in [3.8, 4) is 39.6 Å². The molecule has 48 heavy (non-hydrogen) atoms. The van der Waals surface area contributed by atoms with Crippen LogP contribution >= 0.6 is 11.3 Å². The standard InChI is InChI=1S/C28H17F6N3O3S.C2HF3O2/c29-27(30,31)17-8-4-15(5-9-17)19-12-24(36-14-20(19)16-6-10-18(11-7-16)40-28(32,33)34)39-21-2-1-3-22-26(21)37-25(41-22)13-23(35)38;3-2(4,5)1(6)7/h1-12,14H,13H2,(H2,35,38);(H,6,7). The number of amides is 1. The number of carbonyl (C=O) groups is 2. The van der Waals surface area contributed by atoms with E-state index in [9.17, 15) is 44.3 Å². The molecule has 3 N–H and O–H groups in total. The van der Waals surface area contributed by atoms with E-state index in [1.54, 1.807) is 18.2 Å². The topological polar surface area (TPSA) is 125 Å². The van der Waals surface area contributed by atoms with E-state index in [4.69, 9.17) is 20.4 Å². The first-order valence-corrected chi connectivity index (χ1v) is 13.8. The lowest BCUT2D eigenvalue weighted by atomic mass is 9.95. The summed E-state index contributed by atoms with van der Waals surface area (Å²) >= 11 is 1.27. The summed E-state index contributed by atoms with van der Waals surface area (Å²) in [5.41, 5.74) is 6.55. The van der Waals surface area contributed by atoms with Gasteiger partial charge in [-0.3, -0.25) is 4.79 Å². The highest BCUT2D eigenvalue weighted by molar-refractivity contribution is 7.18.